The predicted molar refractivity (Wildman–Crippen MR) is 142 cm³/mol. The maximum atomic E-state index is 13.9. The second kappa shape index (κ2) is 9.74. The first-order chi connectivity index (χ1) is 18.7. The Labute approximate surface area is 232 Å². The minimum absolute atomic E-state index is 0.00175. The van der Waals surface area contributed by atoms with Crippen LogP contribution in [0.4, 0.5) is 0 Å². The molecule has 40 heavy (non-hydrogen) atoms. The zero-order valence-electron chi connectivity index (χ0n) is 23.5. The molecule has 4 aliphatic rings. The number of nitrogens with two attached hydrogens (primary N) is 1. The van der Waals surface area contributed by atoms with Gasteiger partial charge in [-0.3, -0.25) is 33.8 Å². The number of methoxy groups -OCH3 is 1. The average molecular weight is 556 g/mol. The van der Waals surface area contributed by atoms with Crippen molar-refractivity contribution in [3.8, 4) is 11.5 Å². The second-order valence-corrected chi connectivity index (χ2v) is 12.2. The maximum absolute atomic E-state index is 13.9. The van der Waals surface area contributed by atoms with Gasteiger partial charge in [0.2, 0.25) is 5.91 Å². The van der Waals surface area contributed by atoms with Crippen LogP contribution in [0.5, 0.6) is 11.5 Å². The summed E-state index contributed by atoms with van der Waals surface area (Å²) < 4.78 is 5.80. The van der Waals surface area contributed by atoms with Gasteiger partial charge in [0.25, 0.3) is 0 Å². The van der Waals surface area contributed by atoms with Gasteiger partial charge in [-0.1, -0.05) is 0 Å². The number of aliphatic hydroxyl groups is 1. The highest BCUT2D eigenvalue weighted by Gasteiger charge is 2.69. The number of nitrogens with zero attached hydrogens (tertiary/aromatic N) is 2. The summed E-state index contributed by atoms with van der Waals surface area (Å²) in [7, 11) is 4.61. The second-order valence-electron chi connectivity index (χ2n) is 12.2. The number of aromatic hydroxyl groups is 1. The van der Waals surface area contributed by atoms with E-state index in [4.69, 9.17) is 10.5 Å². The first-order valence-electron chi connectivity index (χ1n) is 13.8. The zero-order valence-corrected chi connectivity index (χ0v) is 23.5. The Hall–Kier alpha value is -3.15. The number of amides is 1. The Kier molecular flexibility index (Phi) is 6.91. The van der Waals surface area contributed by atoms with Crippen LogP contribution >= 0.6 is 0 Å². The van der Waals surface area contributed by atoms with Crippen molar-refractivity contribution in [1.29, 1.82) is 0 Å². The van der Waals surface area contributed by atoms with Gasteiger partial charge in [-0.05, 0) is 65.6 Å². The van der Waals surface area contributed by atoms with E-state index in [1.165, 1.54) is 18.1 Å². The molecule has 1 aliphatic heterocycles. The average Bonchev–Trinajstić information content (AvgIpc) is 3.18. The van der Waals surface area contributed by atoms with Gasteiger partial charge >= 0.3 is 0 Å². The molecule has 8 atom stereocenters. The molecule has 1 aromatic carbocycles. The van der Waals surface area contributed by atoms with Crippen LogP contribution in [0, 0.1) is 23.7 Å². The largest absolute Gasteiger partial charge is 0.507 e. The van der Waals surface area contributed by atoms with Crippen LogP contribution < -0.4 is 10.5 Å². The Morgan fingerprint density at radius 3 is 2.33 bits per heavy atom. The number of phenolic OH excluding ortho intramolecular Hbond substituents is 1. The van der Waals surface area contributed by atoms with E-state index >= 15 is 0 Å². The third kappa shape index (κ3) is 3.85. The number of phenols is 1. The molecule has 2 saturated carbocycles. The third-order valence-electron chi connectivity index (χ3n) is 9.78. The zero-order chi connectivity index (χ0) is 29.4. The van der Waals surface area contributed by atoms with Crippen molar-refractivity contribution in [2.24, 2.45) is 29.4 Å². The van der Waals surface area contributed by atoms with Gasteiger partial charge < -0.3 is 20.7 Å². The van der Waals surface area contributed by atoms with E-state index in [0.29, 0.717) is 29.9 Å². The molecular weight excluding hydrogens is 518 g/mol. The van der Waals surface area contributed by atoms with Gasteiger partial charge in [-0.15, -0.1) is 0 Å². The highest BCUT2D eigenvalue weighted by Crippen LogP contribution is 2.52. The molecule has 1 heterocycles. The number of likely N-dealkylation sites (tertiary alicyclic amines) is 1. The van der Waals surface area contributed by atoms with Crippen molar-refractivity contribution in [3.05, 3.63) is 22.8 Å². The van der Waals surface area contributed by atoms with Crippen molar-refractivity contribution in [1.82, 2.24) is 9.80 Å². The van der Waals surface area contributed by atoms with E-state index in [0.717, 1.165) is 18.4 Å². The first kappa shape index (κ1) is 28.4. The molecule has 4 N–H and O–H groups in total. The molecule has 0 aromatic heterocycles. The summed E-state index contributed by atoms with van der Waals surface area (Å²) in [6.45, 7) is 4.80. The van der Waals surface area contributed by atoms with Crippen molar-refractivity contribution < 1.29 is 38.9 Å². The molecule has 11 nitrogen and oxygen atoms in total. The van der Waals surface area contributed by atoms with Gasteiger partial charge in [0.1, 0.15) is 11.5 Å². The summed E-state index contributed by atoms with van der Waals surface area (Å²) in [5.41, 5.74) is 3.77. The standard InChI is InChI=1S/C29H37N3O8/c1-12-6-7-13(2)32(12)11-15-10-18(33)20-16(25(15)40-5)8-14-9-17-22(31(3)4)24(35)21(28(30)38)27(37)29(17,39)26(36)19(14)23(20)34/h10,12-14,17,19,21-22,33,39H,6-9,11H2,1-5H3,(H2,30,38)/t12-,13+,14-,17-,19?,21?,22-,29-/m0/s1. The number of likely N-dealkylation sites (N-methyl/N-ethyl adjacent to an activating group) is 1. The number of hydrogen-bond acceptors (Lipinski definition) is 10. The third-order valence-corrected chi connectivity index (χ3v) is 9.78. The lowest BCUT2D eigenvalue weighted by Crippen LogP contribution is -2.74. The van der Waals surface area contributed by atoms with Crippen LogP contribution in [0.25, 0.3) is 0 Å². The molecule has 2 unspecified atom stereocenters. The SMILES string of the molecule is COc1c(CN2[C@H](C)CC[C@@H]2C)cc(O)c2c1C[C@H]1C[C@H]3[C@H](N(C)C)C(=O)C(C(N)=O)C(=O)[C@@]3(O)C(=O)C1C2=O. The van der Waals surface area contributed by atoms with Crippen LogP contribution in [0.3, 0.4) is 0 Å². The van der Waals surface area contributed by atoms with Crippen LogP contribution in [-0.2, 0) is 32.1 Å². The number of Topliss-reactive ketones (excluding diaryl/α,β-unsaturated/α-hetero) is 4. The van der Waals surface area contributed by atoms with E-state index in [2.05, 4.69) is 18.7 Å². The summed E-state index contributed by atoms with van der Waals surface area (Å²) in [4.78, 5) is 70.3. The number of rotatable bonds is 5. The first-order valence-corrected chi connectivity index (χ1v) is 13.8. The fourth-order valence-corrected chi connectivity index (χ4v) is 7.85. The van der Waals surface area contributed by atoms with Crippen molar-refractivity contribution >= 4 is 29.0 Å². The highest BCUT2D eigenvalue weighted by molar-refractivity contribution is 6.32. The van der Waals surface area contributed by atoms with Crippen LogP contribution in [0.1, 0.15) is 54.6 Å². The number of ether oxygens (including phenoxy) is 1. The molecule has 3 fully saturated rings. The molecule has 0 bridgehead atoms. The molecule has 0 spiro atoms. The minimum atomic E-state index is -2.74. The minimum Gasteiger partial charge on any atom is -0.507 e. The van der Waals surface area contributed by atoms with E-state index in [-0.39, 0.29) is 24.2 Å². The highest BCUT2D eigenvalue weighted by atomic mass is 16.5. The van der Waals surface area contributed by atoms with E-state index < -0.39 is 64.4 Å². The Bertz CT molecular complexity index is 1310. The monoisotopic (exact) mass is 555 g/mol. The molecule has 3 aliphatic carbocycles. The van der Waals surface area contributed by atoms with Crippen molar-refractivity contribution in [2.45, 2.75) is 69.8 Å². The Balaban J connectivity index is 1.60. The topological polar surface area (TPSA) is 168 Å². The molecule has 216 valence electrons. The number of carbonyl (C=O) groups is 5. The van der Waals surface area contributed by atoms with Gasteiger partial charge in [-0.25, -0.2) is 0 Å². The number of hydrogen-bond donors (Lipinski definition) is 3. The van der Waals surface area contributed by atoms with Crippen LogP contribution in [0.15, 0.2) is 6.07 Å². The summed E-state index contributed by atoms with van der Waals surface area (Å²) in [5.74, 6) is -10.1. The van der Waals surface area contributed by atoms with Gasteiger partial charge in [0.15, 0.2) is 34.7 Å². The molecule has 5 rings (SSSR count). The Morgan fingerprint density at radius 2 is 1.77 bits per heavy atom. The molecule has 11 heteroatoms. The predicted octanol–water partition coefficient (Wildman–Crippen LogP) is 0.248. The van der Waals surface area contributed by atoms with Crippen molar-refractivity contribution in [3.63, 3.8) is 0 Å². The fraction of sp³-hybridized carbons (Fsp3) is 0.621. The van der Waals surface area contributed by atoms with E-state index in [9.17, 15) is 34.2 Å². The smallest absolute Gasteiger partial charge is 0.235 e. The number of carbonyl (C=O) groups excluding carboxylic acids is 5. The van der Waals surface area contributed by atoms with E-state index in [1.807, 2.05) is 0 Å². The summed E-state index contributed by atoms with van der Waals surface area (Å²) in [5, 5.41) is 22.8. The quantitative estimate of drug-likeness (QED) is 0.428. The fourth-order valence-electron chi connectivity index (χ4n) is 7.85. The van der Waals surface area contributed by atoms with E-state index in [1.54, 1.807) is 14.1 Å². The lowest BCUT2D eigenvalue weighted by molar-refractivity contribution is -0.181. The summed E-state index contributed by atoms with van der Waals surface area (Å²) in [6.07, 6.45) is 2.27. The number of primary amides is 1. The lowest BCUT2D eigenvalue weighted by Gasteiger charge is -2.52. The van der Waals surface area contributed by atoms with Gasteiger partial charge in [0.05, 0.1) is 24.6 Å². The normalized spacial score (nSPS) is 35.9. The number of fused-ring (bicyclic) bond motifs is 3. The molecule has 1 saturated heterocycles. The molecular formula is C29H37N3O8. The molecule has 0 radical (unpaired) electrons. The van der Waals surface area contributed by atoms with Crippen molar-refractivity contribution in [2.75, 3.05) is 21.2 Å². The molecule has 1 amide bonds. The van der Waals surface area contributed by atoms with Gasteiger partial charge in [-0.2, -0.15) is 0 Å². The lowest BCUT2D eigenvalue weighted by atomic mass is 9.52. The van der Waals surface area contributed by atoms with Crippen LogP contribution in [0.2, 0.25) is 0 Å². The molecule has 1 aromatic rings. The van der Waals surface area contributed by atoms with Crippen LogP contribution in [-0.4, -0.2) is 94.0 Å². The summed E-state index contributed by atoms with van der Waals surface area (Å²) >= 11 is 0. The number of ketones is 4. The number of benzene rings is 1. The Morgan fingerprint density at radius 1 is 1.15 bits per heavy atom. The maximum Gasteiger partial charge on any atom is 0.235 e. The summed E-state index contributed by atoms with van der Waals surface area (Å²) in [6, 6.07) is 1.03. The van der Waals surface area contributed by atoms with Gasteiger partial charge in [0, 0.05) is 35.7 Å².